The Morgan fingerprint density at radius 3 is 2.73 bits per heavy atom. The van der Waals surface area contributed by atoms with E-state index in [-0.39, 0.29) is 0 Å². The summed E-state index contributed by atoms with van der Waals surface area (Å²) in [6.45, 7) is 4.80. The molecule has 15 heavy (non-hydrogen) atoms. The summed E-state index contributed by atoms with van der Waals surface area (Å²) in [6, 6.07) is 1.68. The molecule has 0 aromatic rings. The van der Waals surface area contributed by atoms with Crippen LogP contribution in [-0.2, 0) is 0 Å². The van der Waals surface area contributed by atoms with Gasteiger partial charge in [-0.1, -0.05) is 19.8 Å². The average Bonchev–Trinajstić information content (AvgIpc) is 2.77. The highest BCUT2D eigenvalue weighted by molar-refractivity contribution is 4.88. The number of likely N-dealkylation sites (N-methyl/N-ethyl adjacent to an activating group) is 1. The first kappa shape index (κ1) is 11.4. The van der Waals surface area contributed by atoms with E-state index >= 15 is 0 Å². The van der Waals surface area contributed by atoms with Crippen LogP contribution in [0.15, 0.2) is 0 Å². The lowest BCUT2D eigenvalue weighted by atomic mass is 9.96. The zero-order valence-corrected chi connectivity index (χ0v) is 10.3. The van der Waals surface area contributed by atoms with Crippen LogP contribution in [0.1, 0.15) is 45.4 Å². The predicted molar refractivity (Wildman–Crippen MR) is 65.1 cm³/mol. The fourth-order valence-electron chi connectivity index (χ4n) is 3.48. The van der Waals surface area contributed by atoms with Crippen LogP contribution in [0.25, 0.3) is 0 Å². The molecule has 1 saturated heterocycles. The Hall–Kier alpha value is -0.0800. The lowest BCUT2D eigenvalue weighted by molar-refractivity contribution is 0.118. The van der Waals surface area contributed by atoms with Crippen LogP contribution in [0.2, 0.25) is 0 Å². The zero-order valence-electron chi connectivity index (χ0n) is 10.3. The first-order chi connectivity index (χ1) is 7.33. The summed E-state index contributed by atoms with van der Waals surface area (Å²) in [5, 5.41) is 3.53. The molecule has 0 radical (unpaired) electrons. The summed E-state index contributed by atoms with van der Waals surface area (Å²) in [7, 11) is 2.36. The average molecular weight is 210 g/mol. The molecule has 0 aromatic heterocycles. The minimum absolute atomic E-state index is 0.802. The third kappa shape index (κ3) is 2.54. The molecule has 1 heterocycles. The van der Waals surface area contributed by atoms with E-state index in [1.807, 2.05) is 0 Å². The van der Waals surface area contributed by atoms with E-state index in [2.05, 4.69) is 24.2 Å². The van der Waals surface area contributed by atoms with Crippen molar-refractivity contribution in [3.63, 3.8) is 0 Å². The molecule has 3 atom stereocenters. The number of rotatable bonds is 3. The second-order valence-corrected chi connectivity index (χ2v) is 5.33. The maximum absolute atomic E-state index is 3.53. The van der Waals surface area contributed by atoms with E-state index < -0.39 is 0 Å². The molecule has 0 spiro atoms. The molecular formula is C13H26N2. The van der Waals surface area contributed by atoms with E-state index in [4.69, 9.17) is 0 Å². The highest BCUT2D eigenvalue weighted by atomic mass is 15.2. The lowest BCUT2D eigenvalue weighted by Crippen LogP contribution is -2.49. The minimum Gasteiger partial charge on any atom is -0.315 e. The smallest absolute Gasteiger partial charge is 0.0221 e. The van der Waals surface area contributed by atoms with Gasteiger partial charge in [0.25, 0.3) is 0 Å². The Labute approximate surface area is 94.4 Å². The summed E-state index contributed by atoms with van der Waals surface area (Å²) in [6.07, 6.45) is 8.48. The van der Waals surface area contributed by atoms with Crippen molar-refractivity contribution in [2.75, 3.05) is 20.1 Å². The van der Waals surface area contributed by atoms with Gasteiger partial charge in [0, 0.05) is 18.6 Å². The zero-order chi connectivity index (χ0) is 10.7. The Bertz CT molecular complexity index is 187. The molecule has 1 aliphatic carbocycles. The van der Waals surface area contributed by atoms with Crippen LogP contribution < -0.4 is 5.32 Å². The van der Waals surface area contributed by atoms with Gasteiger partial charge >= 0.3 is 0 Å². The van der Waals surface area contributed by atoms with Gasteiger partial charge in [-0.05, 0) is 45.2 Å². The topological polar surface area (TPSA) is 15.3 Å². The normalized spacial score (nSPS) is 37.4. The van der Waals surface area contributed by atoms with Gasteiger partial charge < -0.3 is 5.32 Å². The molecular weight excluding hydrogens is 184 g/mol. The van der Waals surface area contributed by atoms with E-state index in [0.717, 1.165) is 18.0 Å². The quantitative estimate of drug-likeness (QED) is 0.768. The number of hydrogen-bond donors (Lipinski definition) is 1. The molecule has 3 unspecified atom stereocenters. The molecule has 1 N–H and O–H groups in total. The first-order valence-electron chi connectivity index (χ1n) is 6.75. The van der Waals surface area contributed by atoms with Crippen molar-refractivity contribution >= 4 is 0 Å². The van der Waals surface area contributed by atoms with Crippen molar-refractivity contribution in [1.29, 1.82) is 0 Å². The molecule has 0 aromatic carbocycles. The molecule has 0 amide bonds. The van der Waals surface area contributed by atoms with Gasteiger partial charge in [0.1, 0.15) is 0 Å². The summed E-state index contributed by atoms with van der Waals surface area (Å²) in [5.74, 6) is 0.969. The molecule has 2 rings (SSSR count). The van der Waals surface area contributed by atoms with Crippen LogP contribution in [0, 0.1) is 5.92 Å². The Morgan fingerprint density at radius 1 is 1.20 bits per heavy atom. The predicted octanol–water partition coefficient (Wildman–Crippen LogP) is 2.25. The van der Waals surface area contributed by atoms with Gasteiger partial charge in [0.2, 0.25) is 0 Å². The van der Waals surface area contributed by atoms with Gasteiger partial charge in [0.15, 0.2) is 0 Å². The Balaban J connectivity index is 1.90. The summed E-state index contributed by atoms with van der Waals surface area (Å²) >= 11 is 0. The van der Waals surface area contributed by atoms with Crippen molar-refractivity contribution < 1.29 is 0 Å². The minimum atomic E-state index is 0.802. The van der Waals surface area contributed by atoms with E-state index in [1.165, 1.54) is 51.6 Å². The highest BCUT2D eigenvalue weighted by Gasteiger charge is 2.32. The maximum Gasteiger partial charge on any atom is 0.0221 e. The molecule has 88 valence electrons. The monoisotopic (exact) mass is 210 g/mol. The van der Waals surface area contributed by atoms with Crippen molar-refractivity contribution in [1.82, 2.24) is 10.2 Å². The maximum atomic E-state index is 3.53. The summed E-state index contributed by atoms with van der Waals surface area (Å²) in [5.41, 5.74) is 0. The fourth-order valence-corrected chi connectivity index (χ4v) is 3.48. The lowest BCUT2D eigenvalue weighted by Gasteiger charge is -2.38. The molecule has 1 aliphatic heterocycles. The molecule has 0 bridgehead atoms. The molecule has 2 fully saturated rings. The molecule has 1 saturated carbocycles. The Morgan fingerprint density at radius 2 is 2.07 bits per heavy atom. The third-order valence-corrected chi connectivity index (χ3v) is 4.51. The van der Waals surface area contributed by atoms with Crippen molar-refractivity contribution in [2.45, 2.75) is 57.5 Å². The standard InChI is InChI=1S/C13H26N2/c1-3-11-6-4-8-13(11)15(2)12-7-5-9-14-10-12/h11-14H,3-10H2,1-2H3. The first-order valence-corrected chi connectivity index (χ1v) is 6.75. The van der Waals surface area contributed by atoms with Gasteiger partial charge in [-0.15, -0.1) is 0 Å². The molecule has 2 heteroatoms. The largest absolute Gasteiger partial charge is 0.315 e. The van der Waals surface area contributed by atoms with Crippen LogP contribution in [0.4, 0.5) is 0 Å². The Kier molecular flexibility index (Phi) is 4.04. The van der Waals surface area contributed by atoms with Gasteiger partial charge in [-0.25, -0.2) is 0 Å². The van der Waals surface area contributed by atoms with E-state index in [9.17, 15) is 0 Å². The summed E-state index contributed by atoms with van der Waals surface area (Å²) in [4.78, 5) is 2.69. The van der Waals surface area contributed by atoms with Crippen LogP contribution in [-0.4, -0.2) is 37.1 Å². The van der Waals surface area contributed by atoms with Crippen LogP contribution in [0.5, 0.6) is 0 Å². The van der Waals surface area contributed by atoms with Crippen molar-refractivity contribution in [3.8, 4) is 0 Å². The van der Waals surface area contributed by atoms with E-state index in [0.29, 0.717) is 0 Å². The van der Waals surface area contributed by atoms with Crippen molar-refractivity contribution in [3.05, 3.63) is 0 Å². The van der Waals surface area contributed by atoms with Crippen molar-refractivity contribution in [2.24, 2.45) is 5.92 Å². The van der Waals surface area contributed by atoms with Gasteiger partial charge in [-0.2, -0.15) is 0 Å². The highest BCUT2D eigenvalue weighted by Crippen LogP contribution is 2.33. The third-order valence-electron chi connectivity index (χ3n) is 4.51. The van der Waals surface area contributed by atoms with Crippen LogP contribution >= 0.6 is 0 Å². The van der Waals surface area contributed by atoms with Gasteiger partial charge in [0.05, 0.1) is 0 Å². The van der Waals surface area contributed by atoms with E-state index in [1.54, 1.807) is 0 Å². The van der Waals surface area contributed by atoms with Crippen LogP contribution in [0.3, 0.4) is 0 Å². The number of nitrogens with one attached hydrogen (secondary N) is 1. The van der Waals surface area contributed by atoms with Gasteiger partial charge in [-0.3, -0.25) is 4.90 Å². The fraction of sp³-hybridized carbons (Fsp3) is 1.00. The second-order valence-electron chi connectivity index (χ2n) is 5.33. The molecule has 2 nitrogen and oxygen atoms in total. The molecule has 2 aliphatic rings. The number of piperidine rings is 1. The second kappa shape index (κ2) is 5.31. The number of hydrogen-bond acceptors (Lipinski definition) is 2. The number of nitrogens with zero attached hydrogens (tertiary/aromatic N) is 1. The summed E-state index contributed by atoms with van der Waals surface area (Å²) < 4.78 is 0. The SMILES string of the molecule is CCC1CCCC1N(C)C1CCCNC1.